The van der Waals surface area contributed by atoms with Crippen molar-refractivity contribution in [1.82, 2.24) is 0 Å². The Bertz CT molecular complexity index is 737. The molecule has 2 aliphatic rings. The van der Waals surface area contributed by atoms with Crippen LogP contribution in [0.3, 0.4) is 0 Å². The van der Waals surface area contributed by atoms with E-state index in [9.17, 15) is 0 Å². The molecule has 0 N–H and O–H groups in total. The summed E-state index contributed by atoms with van der Waals surface area (Å²) in [7, 11) is 0. The molecule has 4 heteroatoms. The number of halogens is 2. The maximum atomic E-state index is 2.58. The molecule has 2 aromatic rings. The Kier molecular flexibility index (Phi) is 8.53. The predicted octanol–water partition coefficient (Wildman–Crippen LogP) is -0.0876. The van der Waals surface area contributed by atoms with Crippen LogP contribution >= 0.6 is 0 Å². The van der Waals surface area contributed by atoms with E-state index in [4.69, 9.17) is 0 Å². The molecule has 0 heterocycles. The fraction of sp³-hybridized carbons (Fsp3) is 0.273. The fourth-order valence-electron chi connectivity index (χ4n) is 4.54. The summed E-state index contributed by atoms with van der Waals surface area (Å²) in [6.45, 7) is 4.94. The number of benzene rings is 2. The second-order valence-corrected chi connectivity index (χ2v) is 25.5. The van der Waals surface area contributed by atoms with E-state index in [0.717, 1.165) is 7.25 Å². The summed E-state index contributed by atoms with van der Waals surface area (Å²) < 4.78 is 1.59. The van der Waals surface area contributed by atoms with Crippen LogP contribution in [-0.4, -0.2) is 5.92 Å². The minimum Gasteiger partial charge on any atom is -1.00 e. The van der Waals surface area contributed by atoms with Crippen LogP contribution < -0.4 is 34.0 Å². The molecule has 0 saturated heterocycles. The first kappa shape index (κ1) is 22.3. The van der Waals surface area contributed by atoms with E-state index >= 15 is 0 Å². The topological polar surface area (TPSA) is 0 Å². The van der Waals surface area contributed by atoms with Crippen LogP contribution in [0.2, 0.25) is 12.1 Å². The van der Waals surface area contributed by atoms with Gasteiger partial charge < -0.3 is 34.0 Å². The quantitative estimate of drug-likeness (QED) is 0.443. The van der Waals surface area contributed by atoms with Crippen LogP contribution in [0.15, 0.2) is 60.7 Å². The van der Waals surface area contributed by atoms with Crippen molar-refractivity contribution in [2.24, 2.45) is 0 Å². The van der Waals surface area contributed by atoms with Crippen LogP contribution in [0.1, 0.15) is 43.4 Å². The molecule has 0 fully saturated rings. The monoisotopic (exact) mass is 565 g/mol. The molecule has 2 unspecified atom stereocenters. The minimum atomic E-state index is -1.69. The van der Waals surface area contributed by atoms with Crippen molar-refractivity contribution >= 4 is 18.1 Å². The van der Waals surface area contributed by atoms with Crippen LogP contribution in [0.25, 0.3) is 12.2 Å². The molecular weight excluding hydrogens is 543 g/mol. The predicted molar refractivity (Wildman–Crippen MR) is 105 cm³/mol. The molecule has 0 aromatic heterocycles. The standard InChI is InChI=1S/2C9H7.C4H11Si.2BrH.Zr/c2*1-2-5-9-7-3-6-8(9)4-1;1-3-5-4-2;;;/h2*1-7H;5H,3-4H2,1-2H3;2*1H;/q;;;;;+2/p-2. The molecule has 0 saturated carbocycles. The van der Waals surface area contributed by atoms with Crippen LogP contribution in [-0.2, 0) is 20.9 Å². The Morgan fingerprint density at radius 2 is 1.15 bits per heavy atom. The van der Waals surface area contributed by atoms with E-state index in [1.165, 1.54) is 23.2 Å². The molecule has 2 aliphatic carbocycles. The molecule has 26 heavy (non-hydrogen) atoms. The van der Waals surface area contributed by atoms with Gasteiger partial charge in [-0.05, 0) is 0 Å². The third kappa shape index (κ3) is 4.04. The van der Waals surface area contributed by atoms with E-state index in [2.05, 4.69) is 86.7 Å². The number of fused-ring (bicyclic) bond motifs is 2. The summed E-state index contributed by atoms with van der Waals surface area (Å²) in [6.07, 6.45) is 9.98. The van der Waals surface area contributed by atoms with Gasteiger partial charge >= 0.3 is 155 Å². The van der Waals surface area contributed by atoms with Gasteiger partial charge in [0.05, 0.1) is 0 Å². The molecule has 0 bridgehead atoms. The van der Waals surface area contributed by atoms with Crippen molar-refractivity contribution < 1.29 is 54.9 Å². The minimum absolute atomic E-state index is 0. The molecule has 0 nitrogen and oxygen atoms in total. The average Bonchev–Trinajstić information content (AvgIpc) is 3.24. The van der Waals surface area contributed by atoms with Gasteiger partial charge in [-0.25, -0.2) is 0 Å². The van der Waals surface area contributed by atoms with E-state index in [1.54, 1.807) is 11.1 Å². The smallest absolute Gasteiger partial charge is 1.00 e. The molecule has 135 valence electrons. The van der Waals surface area contributed by atoms with Gasteiger partial charge in [-0.15, -0.1) is 0 Å². The summed E-state index contributed by atoms with van der Waals surface area (Å²) in [6, 6.07) is 21.2. The van der Waals surface area contributed by atoms with Crippen molar-refractivity contribution in [2.75, 3.05) is 0 Å². The van der Waals surface area contributed by atoms with Crippen LogP contribution in [0.4, 0.5) is 0 Å². The molecule has 4 rings (SSSR count). The van der Waals surface area contributed by atoms with Gasteiger partial charge in [0.1, 0.15) is 0 Å². The van der Waals surface area contributed by atoms with E-state index in [1.807, 2.05) is 0 Å². The molecular formula is C22H25Br2SiZr. The number of allylic oxidation sites excluding steroid dienone is 2. The van der Waals surface area contributed by atoms with E-state index in [0.29, 0.717) is 0 Å². The Balaban J connectivity index is 0.00000121. The van der Waals surface area contributed by atoms with Crippen molar-refractivity contribution in [2.45, 2.75) is 33.2 Å². The van der Waals surface area contributed by atoms with Crippen molar-refractivity contribution in [3.05, 3.63) is 82.9 Å². The molecule has 0 aliphatic heterocycles. The Hall–Kier alpha value is -0.0200. The number of rotatable bonds is 5. The normalized spacial score (nSPS) is 18.9. The third-order valence-corrected chi connectivity index (χ3v) is 31.9. The molecule has 0 spiro atoms. The van der Waals surface area contributed by atoms with Gasteiger partial charge in [0, 0.05) is 0 Å². The molecule has 2 atom stereocenters. The van der Waals surface area contributed by atoms with Gasteiger partial charge in [-0.1, -0.05) is 0 Å². The first-order chi connectivity index (χ1) is 11.8. The van der Waals surface area contributed by atoms with Gasteiger partial charge in [0.2, 0.25) is 0 Å². The number of hydrogen-bond acceptors (Lipinski definition) is 0. The number of hydrogen-bond donors (Lipinski definition) is 0. The van der Waals surface area contributed by atoms with E-state index in [-0.39, 0.29) is 34.0 Å². The zero-order chi connectivity index (χ0) is 16.5. The Labute approximate surface area is 187 Å². The zero-order valence-electron chi connectivity index (χ0n) is 15.3. The first-order valence-corrected chi connectivity index (χ1v) is 18.5. The summed E-state index contributed by atoms with van der Waals surface area (Å²) in [5.41, 5.74) is 6.25. The van der Waals surface area contributed by atoms with E-state index < -0.39 is 26.8 Å². The second-order valence-electron chi connectivity index (χ2n) is 6.94. The Morgan fingerprint density at radius 3 is 1.58 bits per heavy atom. The van der Waals surface area contributed by atoms with Crippen molar-refractivity contribution in [3.63, 3.8) is 0 Å². The van der Waals surface area contributed by atoms with Crippen molar-refractivity contribution in [3.8, 4) is 0 Å². The summed E-state index contributed by atoms with van der Waals surface area (Å²) in [5.74, 6) is -0.637. The maximum Gasteiger partial charge on any atom is -1.00 e. The zero-order valence-corrected chi connectivity index (χ0v) is 22.1. The molecule has 2 aromatic carbocycles. The maximum absolute atomic E-state index is 2.58. The van der Waals surface area contributed by atoms with Gasteiger partial charge in [0.25, 0.3) is 0 Å². The van der Waals surface area contributed by atoms with Crippen LogP contribution in [0, 0.1) is 0 Å². The summed E-state index contributed by atoms with van der Waals surface area (Å²) in [5, 5.41) is 0. The SMILES string of the molecule is CC[SiH](CC)[Zr+2]([CH]1C=Cc2ccccc21)[CH]1C=Cc2ccccc21.[Br-].[Br-]. The second kappa shape index (κ2) is 9.96. The average molecular weight is 569 g/mol. The third-order valence-electron chi connectivity index (χ3n) is 5.77. The van der Waals surface area contributed by atoms with Gasteiger partial charge in [0.15, 0.2) is 0 Å². The summed E-state index contributed by atoms with van der Waals surface area (Å²) in [4.78, 5) is 0. The van der Waals surface area contributed by atoms with Crippen LogP contribution in [0.5, 0.6) is 0 Å². The first-order valence-electron chi connectivity index (χ1n) is 9.24. The molecule has 0 amide bonds. The largest absolute Gasteiger partial charge is 1.00 e. The van der Waals surface area contributed by atoms with Gasteiger partial charge in [-0.2, -0.15) is 0 Å². The molecule has 0 radical (unpaired) electrons. The summed E-state index contributed by atoms with van der Waals surface area (Å²) >= 11 is -1.69. The van der Waals surface area contributed by atoms with Gasteiger partial charge in [-0.3, -0.25) is 0 Å². The Morgan fingerprint density at radius 1 is 0.731 bits per heavy atom. The fourth-order valence-corrected chi connectivity index (χ4v) is 30.5. The van der Waals surface area contributed by atoms with Crippen molar-refractivity contribution in [1.29, 1.82) is 0 Å².